The lowest BCUT2D eigenvalue weighted by atomic mass is 9.98. The molecule has 1 fully saturated rings. The van der Waals surface area contributed by atoms with Crippen molar-refractivity contribution in [3.63, 3.8) is 0 Å². The summed E-state index contributed by atoms with van der Waals surface area (Å²) in [6.45, 7) is 1.70. The molecule has 0 spiro atoms. The monoisotopic (exact) mass is 294 g/mol. The molecule has 2 rings (SSSR count). The number of carboxylic acids is 1. The first-order valence-electron chi connectivity index (χ1n) is 6.77. The van der Waals surface area contributed by atoms with Crippen molar-refractivity contribution in [2.24, 2.45) is 5.92 Å². The highest BCUT2D eigenvalue weighted by molar-refractivity contribution is 5.70. The molecule has 1 aromatic rings. The summed E-state index contributed by atoms with van der Waals surface area (Å²) in [5, 5.41) is 20.0. The number of piperidine rings is 1. The Balaban J connectivity index is 2.15. The van der Waals surface area contributed by atoms with Gasteiger partial charge in [-0.05, 0) is 25.5 Å². The van der Waals surface area contributed by atoms with Crippen LogP contribution < -0.4 is 4.74 Å². The topological polar surface area (TPSA) is 92.9 Å². The van der Waals surface area contributed by atoms with Gasteiger partial charge in [0, 0.05) is 30.8 Å². The largest absolute Gasteiger partial charge is 0.496 e. The first kappa shape index (κ1) is 15.2. The Morgan fingerprint density at radius 2 is 2.33 bits per heavy atom. The van der Waals surface area contributed by atoms with Crippen molar-refractivity contribution in [1.82, 2.24) is 4.90 Å². The SMILES string of the molecule is COc1ccc([N+](=O)[O-])cc1CN1CCCC(C(=O)O)C1. The molecule has 0 bridgehead atoms. The molecule has 0 amide bonds. The molecule has 0 radical (unpaired) electrons. The minimum Gasteiger partial charge on any atom is -0.496 e. The predicted octanol–water partition coefficient (Wildman–Crippen LogP) is 1.90. The molecule has 1 unspecified atom stereocenters. The summed E-state index contributed by atoms with van der Waals surface area (Å²) in [4.78, 5) is 23.5. The van der Waals surface area contributed by atoms with E-state index in [1.54, 1.807) is 6.07 Å². The number of methoxy groups -OCH3 is 1. The molecular formula is C14H18N2O5. The zero-order valence-corrected chi connectivity index (χ0v) is 11.8. The van der Waals surface area contributed by atoms with Crippen LogP contribution in [0.4, 0.5) is 5.69 Å². The van der Waals surface area contributed by atoms with E-state index >= 15 is 0 Å². The molecule has 1 saturated heterocycles. The van der Waals surface area contributed by atoms with Crippen molar-refractivity contribution in [2.75, 3.05) is 20.2 Å². The molecule has 1 aliphatic rings. The molecule has 0 saturated carbocycles. The number of hydrogen-bond donors (Lipinski definition) is 1. The van der Waals surface area contributed by atoms with Gasteiger partial charge in [-0.15, -0.1) is 0 Å². The van der Waals surface area contributed by atoms with Gasteiger partial charge in [0.05, 0.1) is 18.0 Å². The van der Waals surface area contributed by atoms with Crippen molar-refractivity contribution in [1.29, 1.82) is 0 Å². The Hall–Kier alpha value is -2.15. The maximum absolute atomic E-state index is 11.1. The lowest BCUT2D eigenvalue weighted by Crippen LogP contribution is -2.38. The summed E-state index contributed by atoms with van der Waals surface area (Å²) < 4.78 is 5.23. The van der Waals surface area contributed by atoms with Crippen molar-refractivity contribution >= 4 is 11.7 Å². The third-order valence-corrected chi connectivity index (χ3v) is 3.72. The van der Waals surface area contributed by atoms with Gasteiger partial charge >= 0.3 is 5.97 Å². The number of ether oxygens (including phenoxy) is 1. The second-order valence-corrected chi connectivity index (χ2v) is 5.17. The number of hydrogen-bond acceptors (Lipinski definition) is 5. The van der Waals surface area contributed by atoms with E-state index in [2.05, 4.69) is 0 Å². The van der Waals surface area contributed by atoms with Crippen LogP contribution in [0.2, 0.25) is 0 Å². The van der Waals surface area contributed by atoms with Gasteiger partial charge in [0.2, 0.25) is 0 Å². The van der Waals surface area contributed by atoms with Crippen LogP contribution in [0.3, 0.4) is 0 Å². The number of non-ortho nitro benzene ring substituents is 1. The predicted molar refractivity (Wildman–Crippen MR) is 75.3 cm³/mol. The highest BCUT2D eigenvalue weighted by Crippen LogP contribution is 2.27. The van der Waals surface area contributed by atoms with Crippen LogP contribution in [-0.4, -0.2) is 41.1 Å². The molecule has 1 atom stereocenters. The third-order valence-electron chi connectivity index (χ3n) is 3.72. The third kappa shape index (κ3) is 3.69. The van der Waals surface area contributed by atoms with Crippen molar-refractivity contribution in [2.45, 2.75) is 19.4 Å². The molecule has 1 aromatic carbocycles. The Morgan fingerprint density at radius 1 is 1.57 bits per heavy atom. The van der Waals surface area contributed by atoms with Crippen molar-refractivity contribution in [3.8, 4) is 5.75 Å². The van der Waals surface area contributed by atoms with E-state index in [1.165, 1.54) is 19.2 Å². The molecule has 1 N–H and O–H groups in total. The number of carboxylic acid groups (broad SMARTS) is 1. The fraction of sp³-hybridized carbons (Fsp3) is 0.500. The maximum Gasteiger partial charge on any atom is 0.307 e. The zero-order chi connectivity index (χ0) is 15.4. The molecule has 0 aromatic heterocycles. The van der Waals surface area contributed by atoms with Crippen LogP contribution >= 0.6 is 0 Å². The van der Waals surface area contributed by atoms with E-state index < -0.39 is 10.9 Å². The van der Waals surface area contributed by atoms with Crippen LogP contribution in [0, 0.1) is 16.0 Å². The number of benzene rings is 1. The summed E-state index contributed by atoms with van der Waals surface area (Å²) >= 11 is 0. The lowest BCUT2D eigenvalue weighted by Gasteiger charge is -2.30. The molecule has 0 aliphatic carbocycles. The first-order valence-corrected chi connectivity index (χ1v) is 6.77. The fourth-order valence-corrected chi connectivity index (χ4v) is 2.64. The van der Waals surface area contributed by atoms with Gasteiger partial charge in [-0.25, -0.2) is 0 Å². The average Bonchev–Trinajstić information content (AvgIpc) is 2.47. The van der Waals surface area contributed by atoms with Gasteiger partial charge in [-0.3, -0.25) is 19.8 Å². The number of nitro groups is 1. The Bertz CT molecular complexity index is 546. The van der Waals surface area contributed by atoms with E-state index in [0.29, 0.717) is 30.8 Å². The minimum atomic E-state index is -0.786. The van der Waals surface area contributed by atoms with E-state index in [1.807, 2.05) is 4.90 Å². The van der Waals surface area contributed by atoms with Crippen LogP contribution in [0.5, 0.6) is 5.75 Å². The van der Waals surface area contributed by atoms with Gasteiger partial charge in [0.15, 0.2) is 0 Å². The lowest BCUT2D eigenvalue weighted by molar-refractivity contribution is -0.385. The summed E-state index contributed by atoms with van der Waals surface area (Å²) in [6, 6.07) is 4.47. The summed E-state index contributed by atoms with van der Waals surface area (Å²) in [6.07, 6.45) is 1.49. The van der Waals surface area contributed by atoms with Crippen LogP contribution in [0.1, 0.15) is 18.4 Å². The van der Waals surface area contributed by atoms with Gasteiger partial charge in [-0.2, -0.15) is 0 Å². The number of carbonyl (C=O) groups is 1. The highest BCUT2D eigenvalue weighted by atomic mass is 16.6. The van der Waals surface area contributed by atoms with E-state index in [4.69, 9.17) is 9.84 Å². The Kier molecular flexibility index (Phi) is 4.74. The normalized spacial score (nSPS) is 19.2. The van der Waals surface area contributed by atoms with Crippen LogP contribution in [0.25, 0.3) is 0 Å². The van der Waals surface area contributed by atoms with Gasteiger partial charge < -0.3 is 9.84 Å². The Morgan fingerprint density at radius 3 is 2.95 bits per heavy atom. The summed E-state index contributed by atoms with van der Waals surface area (Å²) in [5.41, 5.74) is 0.718. The smallest absolute Gasteiger partial charge is 0.307 e. The molecule has 7 heteroatoms. The number of nitro benzene ring substituents is 1. The van der Waals surface area contributed by atoms with Crippen LogP contribution in [-0.2, 0) is 11.3 Å². The number of likely N-dealkylation sites (tertiary alicyclic amines) is 1. The number of rotatable bonds is 5. The average molecular weight is 294 g/mol. The standard InChI is InChI=1S/C14H18N2O5/c1-21-13-5-4-12(16(19)20)7-11(13)9-15-6-2-3-10(8-15)14(17)18/h4-5,7,10H,2-3,6,8-9H2,1H3,(H,17,18). The molecule has 21 heavy (non-hydrogen) atoms. The highest BCUT2D eigenvalue weighted by Gasteiger charge is 2.26. The fourth-order valence-electron chi connectivity index (χ4n) is 2.64. The molecule has 7 nitrogen and oxygen atoms in total. The van der Waals surface area contributed by atoms with Crippen LogP contribution in [0.15, 0.2) is 18.2 Å². The van der Waals surface area contributed by atoms with Gasteiger partial charge in [0.1, 0.15) is 5.75 Å². The van der Waals surface area contributed by atoms with Gasteiger partial charge in [-0.1, -0.05) is 0 Å². The quantitative estimate of drug-likeness (QED) is 0.658. The van der Waals surface area contributed by atoms with E-state index in [0.717, 1.165) is 13.0 Å². The maximum atomic E-state index is 11.1. The summed E-state index contributed by atoms with van der Waals surface area (Å²) in [7, 11) is 1.51. The molecular weight excluding hydrogens is 276 g/mol. The van der Waals surface area contributed by atoms with Crippen molar-refractivity contribution < 1.29 is 19.6 Å². The molecule has 114 valence electrons. The second-order valence-electron chi connectivity index (χ2n) is 5.17. The van der Waals surface area contributed by atoms with E-state index in [9.17, 15) is 14.9 Å². The second kappa shape index (κ2) is 6.53. The Labute approximate surface area is 122 Å². The number of aliphatic carboxylic acids is 1. The minimum absolute atomic E-state index is 0.0117. The molecule has 1 heterocycles. The molecule has 1 aliphatic heterocycles. The number of nitrogens with zero attached hydrogens (tertiary/aromatic N) is 2. The first-order chi connectivity index (χ1) is 10.0. The van der Waals surface area contributed by atoms with E-state index in [-0.39, 0.29) is 11.6 Å². The summed E-state index contributed by atoms with van der Waals surface area (Å²) in [5.74, 6) is -0.577. The van der Waals surface area contributed by atoms with Gasteiger partial charge in [0.25, 0.3) is 5.69 Å². The van der Waals surface area contributed by atoms with Crippen molar-refractivity contribution in [3.05, 3.63) is 33.9 Å². The zero-order valence-electron chi connectivity index (χ0n) is 11.8.